The molecule has 2 amide bonds. The van der Waals surface area contributed by atoms with Gasteiger partial charge in [0.1, 0.15) is 10.6 Å². The highest BCUT2D eigenvalue weighted by atomic mass is 35.5. The number of halogens is 3. The van der Waals surface area contributed by atoms with Crippen molar-refractivity contribution in [3.05, 3.63) is 98.0 Å². The molecule has 8 heteroatoms. The Hall–Kier alpha value is -2.44. The topological polar surface area (TPSA) is 49.4 Å². The van der Waals surface area contributed by atoms with E-state index in [0.717, 1.165) is 15.4 Å². The van der Waals surface area contributed by atoms with E-state index < -0.39 is 11.8 Å². The van der Waals surface area contributed by atoms with Crippen LogP contribution in [0.1, 0.15) is 5.56 Å². The van der Waals surface area contributed by atoms with Gasteiger partial charge in [-0.25, -0.2) is 4.90 Å². The third-order valence-corrected chi connectivity index (χ3v) is 6.63. The maximum Gasteiger partial charge on any atom is 0.283 e. The molecule has 0 saturated carbocycles. The number of benzene rings is 3. The van der Waals surface area contributed by atoms with Crippen LogP contribution in [-0.2, 0) is 9.59 Å². The number of nitrogens with one attached hydrogen (secondary N) is 1. The lowest BCUT2D eigenvalue weighted by molar-refractivity contribution is -0.120. The van der Waals surface area contributed by atoms with Crippen molar-refractivity contribution in [1.82, 2.24) is 0 Å². The molecule has 0 atom stereocenters. The highest BCUT2D eigenvalue weighted by Gasteiger charge is 2.41. The number of anilines is 2. The van der Waals surface area contributed by atoms with Gasteiger partial charge in [-0.1, -0.05) is 70.8 Å². The van der Waals surface area contributed by atoms with Crippen molar-refractivity contribution < 1.29 is 9.59 Å². The smallest absolute Gasteiger partial charge is 0.283 e. The number of thioether (sulfide) groups is 1. The molecule has 0 aliphatic carbocycles. The molecule has 0 fully saturated rings. The molecule has 31 heavy (non-hydrogen) atoms. The fourth-order valence-corrected chi connectivity index (χ4v) is 4.64. The summed E-state index contributed by atoms with van der Waals surface area (Å²) in [7, 11) is 0. The van der Waals surface area contributed by atoms with Crippen LogP contribution in [0.25, 0.3) is 0 Å². The minimum atomic E-state index is -0.510. The summed E-state index contributed by atoms with van der Waals surface area (Å²) in [6, 6.07) is 19.3. The van der Waals surface area contributed by atoms with E-state index in [4.69, 9.17) is 34.8 Å². The van der Waals surface area contributed by atoms with Crippen molar-refractivity contribution >= 4 is 69.8 Å². The minimum Gasteiger partial charge on any atom is -0.350 e. The van der Waals surface area contributed by atoms with E-state index in [-0.39, 0.29) is 21.3 Å². The number of hydrogen-bond donors (Lipinski definition) is 1. The number of carbonyl (C=O) groups is 2. The lowest BCUT2D eigenvalue weighted by Crippen LogP contribution is -2.32. The van der Waals surface area contributed by atoms with Crippen molar-refractivity contribution in [2.75, 3.05) is 10.2 Å². The van der Waals surface area contributed by atoms with Gasteiger partial charge in [-0.05, 0) is 55.0 Å². The molecule has 3 aromatic rings. The van der Waals surface area contributed by atoms with Crippen LogP contribution in [0, 0.1) is 6.92 Å². The zero-order chi connectivity index (χ0) is 22.1. The van der Waals surface area contributed by atoms with Gasteiger partial charge < -0.3 is 5.32 Å². The Morgan fingerprint density at radius 1 is 0.839 bits per heavy atom. The van der Waals surface area contributed by atoms with Gasteiger partial charge in [0.2, 0.25) is 0 Å². The quantitative estimate of drug-likeness (QED) is 0.394. The lowest BCUT2D eigenvalue weighted by Gasteiger charge is -2.17. The van der Waals surface area contributed by atoms with E-state index in [1.165, 1.54) is 17.8 Å². The third-order valence-electron chi connectivity index (χ3n) is 4.60. The van der Waals surface area contributed by atoms with Gasteiger partial charge in [0.15, 0.2) is 0 Å². The Bertz CT molecular complexity index is 1230. The first kappa shape index (κ1) is 21.8. The van der Waals surface area contributed by atoms with Gasteiger partial charge >= 0.3 is 0 Å². The molecule has 0 bridgehead atoms. The van der Waals surface area contributed by atoms with E-state index in [9.17, 15) is 9.59 Å². The number of imide groups is 1. The Morgan fingerprint density at radius 2 is 1.58 bits per heavy atom. The standard InChI is InChI=1S/C23H15Cl3N2O2S/c1-13-7-9-15(12-17(13)25)27-20-21(31-16-5-3-2-4-6-16)23(30)28(22(20)29)19-10-8-14(24)11-18(19)26/h2-12,27H,1H3. The molecule has 1 heterocycles. The predicted octanol–water partition coefficient (Wildman–Crippen LogP) is 6.94. The first-order chi connectivity index (χ1) is 14.8. The average molecular weight is 490 g/mol. The van der Waals surface area contributed by atoms with Crippen molar-refractivity contribution in [3.63, 3.8) is 0 Å². The van der Waals surface area contributed by atoms with Crippen LogP contribution < -0.4 is 10.2 Å². The SMILES string of the molecule is Cc1ccc(NC2=C(Sc3ccccc3)C(=O)N(c3ccc(Cl)cc3Cl)C2=O)cc1Cl. The average Bonchev–Trinajstić information content (AvgIpc) is 2.96. The molecule has 156 valence electrons. The zero-order valence-corrected chi connectivity index (χ0v) is 19.2. The predicted molar refractivity (Wildman–Crippen MR) is 128 cm³/mol. The molecule has 0 saturated heterocycles. The number of aryl methyl sites for hydroxylation is 1. The molecule has 1 aliphatic rings. The van der Waals surface area contributed by atoms with Crippen molar-refractivity contribution in [2.45, 2.75) is 11.8 Å². The second-order valence-corrected chi connectivity index (χ2v) is 9.08. The van der Waals surface area contributed by atoms with Crippen LogP contribution in [0.5, 0.6) is 0 Å². The van der Waals surface area contributed by atoms with Gasteiger partial charge in [0.25, 0.3) is 11.8 Å². The maximum atomic E-state index is 13.4. The van der Waals surface area contributed by atoms with E-state index in [1.807, 2.05) is 43.3 Å². The molecule has 3 aromatic carbocycles. The van der Waals surface area contributed by atoms with Gasteiger partial charge in [-0.3, -0.25) is 9.59 Å². The zero-order valence-electron chi connectivity index (χ0n) is 16.2. The van der Waals surface area contributed by atoms with Crippen LogP contribution >= 0.6 is 46.6 Å². The molecule has 0 unspecified atom stereocenters. The number of rotatable bonds is 5. The van der Waals surface area contributed by atoms with Crippen molar-refractivity contribution in [1.29, 1.82) is 0 Å². The summed E-state index contributed by atoms with van der Waals surface area (Å²) in [5.41, 5.74) is 1.93. The summed E-state index contributed by atoms with van der Waals surface area (Å²) in [6.45, 7) is 1.89. The summed E-state index contributed by atoms with van der Waals surface area (Å²) >= 11 is 19.7. The second kappa shape index (κ2) is 8.97. The number of amides is 2. The molecule has 0 aromatic heterocycles. The number of carbonyl (C=O) groups excluding carboxylic acids is 2. The Labute approximate surface area is 198 Å². The summed E-state index contributed by atoms with van der Waals surface area (Å²) in [6.07, 6.45) is 0. The molecular formula is C23H15Cl3N2O2S. The maximum absolute atomic E-state index is 13.4. The van der Waals surface area contributed by atoms with E-state index in [1.54, 1.807) is 24.3 Å². The molecular weight excluding hydrogens is 475 g/mol. The fourth-order valence-electron chi connectivity index (χ4n) is 3.02. The lowest BCUT2D eigenvalue weighted by atomic mass is 10.2. The van der Waals surface area contributed by atoms with Crippen molar-refractivity contribution in [2.24, 2.45) is 0 Å². The molecule has 4 nitrogen and oxygen atoms in total. The second-order valence-electron chi connectivity index (χ2n) is 6.75. The first-order valence-corrected chi connectivity index (χ1v) is 11.1. The Morgan fingerprint density at radius 3 is 2.26 bits per heavy atom. The largest absolute Gasteiger partial charge is 0.350 e. The van der Waals surface area contributed by atoms with Gasteiger partial charge in [-0.2, -0.15) is 0 Å². The van der Waals surface area contributed by atoms with Crippen LogP contribution in [0.15, 0.2) is 82.2 Å². The third kappa shape index (κ3) is 4.46. The fraction of sp³-hybridized carbons (Fsp3) is 0.0435. The molecule has 4 rings (SSSR count). The summed E-state index contributed by atoms with van der Waals surface area (Å²) < 4.78 is 0. The summed E-state index contributed by atoms with van der Waals surface area (Å²) in [5.74, 6) is -0.979. The first-order valence-electron chi connectivity index (χ1n) is 9.19. The number of nitrogens with zero attached hydrogens (tertiary/aromatic N) is 1. The summed E-state index contributed by atoms with van der Waals surface area (Å²) in [4.78, 5) is 28.8. The van der Waals surface area contributed by atoms with E-state index >= 15 is 0 Å². The Kier molecular flexibility index (Phi) is 6.30. The van der Waals surface area contributed by atoms with Crippen LogP contribution in [0.2, 0.25) is 15.1 Å². The summed E-state index contributed by atoms with van der Waals surface area (Å²) in [5, 5.41) is 4.25. The highest BCUT2D eigenvalue weighted by Crippen LogP contribution is 2.40. The Balaban J connectivity index is 1.77. The van der Waals surface area contributed by atoms with Crippen LogP contribution in [0.4, 0.5) is 11.4 Å². The van der Waals surface area contributed by atoms with Gasteiger partial charge in [0.05, 0.1) is 10.7 Å². The minimum absolute atomic E-state index is 0.157. The van der Waals surface area contributed by atoms with Gasteiger partial charge in [-0.15, -0.1) is 0 Å². The molecule has 0 spiro atoms. The monoisotopic (exact) mass is 488 g/mol. The van der Waals surface area contributed by atoms with E-state index in [0.29, 0.717) is 15.7 Å². The molecule has 1 N–H and O–H groups in total. The van der Waals surface area contributed by atoms with E-state index in [2.05, 4.69) is 5.32 Å². The van der Waals surface area contributed by atoms with Crippen LogP contribution in [0.3, 0.4) is 0 Å². The highest BCUT2D eigenvalue weighted by molar-refractivity contribution is 8.04. The van der Waals surface area contributed by atoms with Crippen molar-refractivity contribution in [3.8, 4) is 0 Å². The van der Waals surface area contributed by atoms with Gasteiger partial charge in [0, 0.05) is 20.6 Å². The van der Waals surface area contributed by atoms with Crippen LogP contribution in [-0.4, -0.2) is 11.8 Å². The number of hydrogen-bond acceptors (Lipinski definition) is 4. The molecule has 1 aliphatic heterocycles. The molecule has 0 radical (unpaired) electrons. The normalized spacial score (nSPS) is 13.9.